The molecule has 0 aliphatic carbocycles. The fourth-order valence-electron chi connectivity index (χ4n) is 4.05. The van der Waals surface area contributed by atoms with Crippen molar-refractivity contribution >= 4 is 29.2 Å². The first-order chi connectivity index (χ1) is 14.2. The summed E-state index contributed by atoms with van der Waals surface area (Å²) < 4.78 is 5.52. The number of imide groups is 1. The van der Waals surface area contributed by atoms with Crippen LogP contribution in [-0.2, 0) is 25.5 Å². The molecule has 7 nitrogen and oxygen atoms in total. The molecule has 0 saturated carbocycles. The molecule has 0 spiro atoms. The summed E-state index contributed by atoms with van der Waals surface area (Å²) in [5, 5.41) is 5.63. The summed E-state index contributed by atoms with van der Waals surface area (Å²) in [5.41, 5.74) is 3.65. The summed E-state index contributed by atoms with van der Waals surface area (Å²) in [4.78, 5) is 35.3. The van der Waals surface area contributed by atoms with Gasteiger partial charge in [-0.25, -0.2) is 0 Å². The van der Waals surface area contributed by atoms with Crippen LogP contribution in [0.1, 0.15) is 58.4 Å². The number of hydrogen-bond acceptors (Lipinski definition) is 6. The lowest BCUT2D eigenvalue weighted by molar-refractivity contribution is -0.160. The van der Waals surface area contributed by atoms with Crippen molar-refractivity contribution in [3.63, 3.8) is 0 Å². The number of piperidine rings is 2. The molecule has 2 amide bonds. The van der Waals surface area contributed by atoms with Gasteiger partial charge in [-0.3, -0.25) is 19.7 Å². The summed E-state index contributed by atoms with van der Waals surface area (Å²) >= 11 is 0. The van der Waals surface area contributed by atoms with E-state index in [1.807, 2.05) is 20.8 Å². The number of benzene rings is 1. The molecule has 2 fully saturated rings. The number of fused-ring (bicyclic) bond motifs is 1. The molecule has 1 aromatic carbocycles. The number of esters is 1. The lowest BCUT2D eigenvalue weighted by Gasteiger charge is -2.34. The molecular weight excluding hydrogens is 382 g/mol. The number of carbonyl (C=O) groups excluding carboxylic acids is 3. The molecule has 4 rings (SSSR count). The van der Waals surface area contributed by atoms with Gasteiger partial charge in [0, 0.05) is 49.4 Å². The molecule has 3 aliphatic rings. The maximum Gasteiger partial charge on any atom is 0.309 e. The first kappa shape index (κ1) is 22.1. The second-order valence-electron chi connectivity index (χ2n) is 9.10. The Morgan fingerprint density at radius 1 is 1.07 bits per heavy atom. The molecule has 3 aliphatic heterocycles. The Hall–Kier alpha value is -2.57. The predicted octanol–water partition coefficient (Wildman–Crippen LogP) is 3.03. The number of amides is 2. The molecule has 7 heteroatoms. The molecule has 1 aromatic rings. The maximum absolute atomic E-state index is 12.2. The highest BCUT2D eigenvalue weighted by atomic mass is 16.6. The number of carbonyl (C=O) groups is 3. The lowest BCUT2D eigenvalue weighted by atomic mass is 9.95. The molecule has 2 saturated heterocycles. The Kier molecular flexibility index (Phi) is 7.00. The highest BCUT2D eigenvalue weighted by Gasteiger charge is 2.30. The van der Waals surface area contributed by atoms with Crippen LogP contribution in [0.15, 0.2) is 18.2 Å². The number of anilines is 2. The van der Waals surface area contributed by atoms with E-state index in [1.54, 1.807) is 0 Å². The minimum atomic E-state index is -0.389. The Morgan fingerprint density at radius 2 is 1.73 bits per heavy atom. The molecule has 164 valence electrons. The summed E-state index contributed by atoms with van der Waals surface area (Å²) in [5.74, 6) is -0.264. The van der Waals surface area contributed by atoms with Gasteiger partial charge in [0.2, 0.25) is 11.8 Å². The molecule has 0 atom stereocenters. The normalized spacial score (nSPS) is 19.2. The summed E-state index contributed by atoms with van der Waals surface area (Å²) in [6, 6.07) is 6.48. The van der Waals surface area contributed by atoms with Gasteiger partial charge in [0.05, 0.1) is 5.92 Å². The zero-order valence-electron chi connectivity index (χ0n) is 18.3. The minimum absolute atomic E-state index is 0.0351. The van der Waals surface area contributed by atoms with Crippen LogP contribution in [0.5, 0.6) is 0 Å². The third kappa shape index (κ3) is 5.97. The third-order valence-corrected chi connectivity index (χ3v) is 5.50. The van der Waals surface area contributed by atoms with E-state index in [2.05, 4.69) is 33.7 Å². The zero-order chi connectivity index (χ0) is 21.7. The van der Waals surface area contributed by atoms with Gasteiger partial charge in [0.1, 0.15) is 5.60 Å². The van der Waals surface area contributed by atoms with Crippen molar-refractivity contribution in [3.05, 3.63) is 23.8 Å². The topological polar surface area (TPSA) is 87.7 Å². The first-order valence-corrected chi connectivity index (χ1v) is 10.9. The monoisotopic (exact) mass is 415 g/mol. The van der Waals surface area contributed by atoms with Crippen LogP contribution >= 0.6 is 0 Å². The van der Waals surface area contributed by atoms with Crippen LogP contribution in [0.2, 0.25) is 0 Å². The van der Waals surface area contributed by atoms with Crippen LogP contribution in [0.4, 0.5) is 11.4 Å². The van der Waals surface area contributed by atoms with Gasteiger partial charge in [-0.1, -0.05) is 6.07 Å². The standard InChI is InChI=1S/C18H26N2O2.C5H7NO2/c1-18(2,3)22-17(21)13-8-11-20(12-9-13)16-6-4-5-15-14(16)7-10-19-15;7-4-2-1-3-5(8)6-4/h4-6,13,19H,7-12H2,1-3H3;1-3H2,(H,6,7,8). The fraction of sp³-hybridized carbons (Fsp3) is 0.609. The largest absolute Gasteiger partial charge is 0.460 e. The van der Waals surface area contributed by atoms with Crippen molar-refractivity contribution < 1.29 is 19.1 Å². The summed E-state index contributed by atoms with van der Waals surface area (Å²) in [6.07, 6.45) is 4.58. The fourth-order valence-corrected chi connectivity index (χ4v) is 4.05. The van der Waals surface area contributed by atoms with Gasteiger partial charge in [-0.2, -0.15) is 0 Å². The highest BCUT2D eigenvalue weighted by molar-refractivity contribution is 5.97. The van der Waals surface area contributed by atoms with Crippen molar-refractivity contribution in [2.45, 2.75) is 64.9 Å². The molecule has 0 unspecified atom stereocenters. The van der Waals surface area contributed by atoms with E-state index in [4.69, 9.17) is 4.74 Å². The zero-order valence-corrected chi connectivity index (χ0v) is 18.3. The Balaban J connectivity index is 0.000000269. The van der Waals surface area contributed by atoms with Crippen LogP contribution in [0.25, 0.3) is 0 Å². The summed E-state index contributed by atoms with van der Waals surface area (Å²) in [6.45, 7) is 8.68. The van der Waals surface area contributed by atoms with Crippen molar-refractivity contribution in [3.8, 4) is 0 Å². The molecule has 0 aromatic heterocycles. The Morgan fingerprint density at radius 3 is 2.30 bits per heavy atom. The molecule has 3 heterocycles. The lowest BCUT2D eigenvalue weighted by Crippen LogP contribution is -2.39. The van der Waals surface area contributed by atoms with Gasteiger partial charge >= 0.3 is 5.97 Å². The Bertz CT molecular complexity index is 778. The molecule has 0 radical (unpaired) electrons. The van der Waals surface area contributed by atoms with Crippen LogP contribution in [0.3, 0.4) is 0 Å². The van der Waals surface area contributed by atoms with E-state index in [-0.39, 0.29) is 29.3 Å². The van der Waals surface area contributed by atoms with Crippen molar-refractivity contribution in [1.82, 2.24) is 5.32 Å². The smallest absolute Gasteiger partial charge is 0.309 e. The molecule has 30 heavy (non-hydrogen) atoms. The summed E-state index contributed by atoms with van der Waals surface area (Å²) in [7, 11) is 0. The molecule has 0 bridgehead atoms. The molecular formula is C23H33N3O4. The average molecular weight is 416 g/mol. The van der Waals surface area contributed by atoms with E-state index < -0.39 is 0 Å². The van der Waals surface area contributed by atoms with Gasteiger partial charge in [0.15, 0.2) is 0 Å². The predicted molar refractivity (Wildman–Crippen MR) is 116 cm³/mol. The van der Waals surface area contributed by atoms with Gasteiger partial charge in [-0.15, -0.1) is 0 Å². The van der Waals surface area contributed by atoms with Crippen molar-refractivity contribution in [2.24, 2.45) is 5.92 Å². The quantitative estimate of drug-likeness (QED) is 0.570. The highest BCUT2D eigenvalue weighted by Crippen LogP contribution is 2.34. The van der Waals surface area contributed by atoms with Gasteiger partial charge < -0.3 is 15.0 Å². The van der Waals surface area contributed by atoms with E-state index in [0.717, 1.165) is 38.9 Å². The number of hydrogen-bond donors (Lipinski definition) is 2. The van der Waals surface area contributed by atoms with E-state index in [0.29, 0.717) is 19.3 Å². The van der Waals surface area contributed by atoms with Crippen LogP contribution in [0, 0.1) is 5.92 Å². The average Bonchev–Trinajstić information content (AvgIpc) is 3.16. The number of rotatable bonds is 2. The Labute approximate surface area is 178 Å². The van der Waals surface area contributed by atoms with Crippen molar-refractivity contribution in [2.75, 3.05) is 29.9 Å². The van der Waals surface area contributed by atoms with Crippen molar-refractivity contribution in [1.29, 1.82) is 0 Å². The number of nitrogens with one attached hydrogen (secondary N) is 2. The number of nitrogens with zero attached hydrogens (tertiary/aromatic N) is 1. The third-order valence-electron chi connectivity index (χ3n) is 5.50. The maximum atomic E-state index is 12.2. The van der Waals surface area contributed by atoms with E-state index in [9.17, 15) is 14.4 Å². The second-order valence-corrected chi connectivity index (χ2v) is 9.10. The first-order valence-electron chi connectivity index (χ1n) is 10.9. The second kappa shape index (κ2) is 9.49. The SMILES string of the molecule is CC(C)(C)OC(=O)C1CCN(c2cccc3c2CCN3)CC1.O=C1CCCC(=O)N1. The van der Waals surface area contributed by atoms with Gasteiger partial charge in [0.25, 0.3) is 0 Å². The molecule has 2 N–H and O–H groups in total. The van der Waals surface area contributed by atoms with Crippen LogP contribution < -0.4 is 15.5 Å². The van der Waals surface area contributed by atoms with Gasteiger partial charge in [-0.05, 0) is 58.6 Å². The van der Waals surface area contributed by atoms with Crippen LogP contribution in [-0.4, -0.2) is 43.0 Å². The number of ether oxygens (including phenoxy) is 1. The van der Waals surface area contributed by atoms with E-state index in [1.165, 1.54) is 16.9 Å². The van der Waals surface area contributed by atoms with E-state index >= 15 is 0 Å². The minimum Gasteiger partial charge on any atom is -0.460 e.